The summed E-state index contributed by atoms with van der Waals surface area (Å²) in [6, 6.07) is 4.69. The van der Waals surface area contributed by atoms with E-state index in [1.807, 2.05) is 18.2 Å². The highest BCUT2D eigenvalue weighted by molar-refractivity contribution is 7.90. The zero-order chi connectivity index (χ0) is 25.8. The van der Waals surface area contributed by atoms with E-state index in [1.54, 1.807) is 12.1 Å². The molecule has 3 aliphatic rings. The summed E-state index contributed by atoms with van der Waals surface area (Å²) < 4.78 is 49.2. The van der Waals surface area contributed by atoms with E-state index in [2.05, 4.69) is 5.32 Å². The fourth-order valence-corrected chi connectivity index (χ4v) is 7.45. The van der Waals surface area contributed by atoms with Crippen LogP contribution in [-0.2, 0) is 31.5 Å². The number of halogens is 1. The van der Waals surface area contributed by atoms with Crippen molar-refractivity contribution in [3.05, 3.63) is 58.9 Å². The summed E-state index contributed by atoms with van der Waals surface area (Å²) in [5, 5.41) is 2.27. The van der Waals surface area contributed by atoms with Crippen molar-refractivity contribution < 1.29 is 22.3 Å². The Labute approximate surface area is 213 Å². The summed E-state index contributed by atoms with van der Waals surface area (Å²) >= 11 is 0. The van der Waals surface area contributed by atoms with Gasteiger partial charge in [0.05, 0.1) is 11.6 Å². The Morgan fingerprint density at radius 3 is 2.67 bits per heavy atom. The summed E-state index contributed by atoms with van der Waals surface area (Å²) in [5.41, 5.74) is 12.5. The number of carbonyl (C=O) groups excluding carboxylic acids is 1. The van der Waals surface area contributed by atoms with Crippen molar-refractivity contribution in [2.75, 3.05) is 26.3 Å². The highest BCUT2D eigenvalue weighted by Gasteiger charge is 2.43. The molecule has 0 saturated carbocycles. The minimum Gasteiger partial charge on any atom is -0.381 e. The monoisotopic (exact) mass is 520 g/mol. The number of nitrogens with one attached hydrogen (secondary N) is 1. The van der Waals surface area contributed by atoms with Gasteiger partial charge >= 0.3 is 0 Å². The molecular formula is C26H37FN4O4S. The molecule has 2 aliphatic heterocycles. The third kappa shape index (κ3) is 5.43. The summed E-state index contributed by atoms with van der Waals surface area (Å²) in [6.07, 6.45) is 9.31. The average molecular weight is 521 g/mol. The van der Waals surface area contributed by atoms with E-state index in [4.69, 9.17) is 16.2 Å². The molecule has 10 heteroatoms. The summed E-state index contributed by atoms with van der Waals surface area (Å²) in [4.78, 5) is 13.2. The lowest BCUT2D eigenvalue weighted by molar-refractivity contribution is -0.130. The van der Waals surface area contributed by atoms with E-state index >= 15 is 4.39 Å². The van der Waals surface area contributed by atoms with Crippen molar-refractivity contribution in [3.8, 4) is 0 Å². The van der Waals surface area contributed by atoms with Crippen molar-refractivity contribution in [2.45, 2.75) is 68.3 Å². The molecule has 1 amide bonds. The minimum absolute atomic E-state index is 0.151. The standard InChI is InChI=1S/C26H37FN4O4S/c27-22-17-21(26(11-15-35-16-12-26)25(32)30-14-4-13-28)8-7-20(22)18-31-24(29)10-9-23(36(31,33)34)19-5-2-1-3-6-19/h2,5-8,17,23-24H,1,3-4,9-16,18,28-29H2,(H,30,32). The molecule has 8 nitrogen and oxygen atoms in total. The van der Waals surface area contributed by atoms with E-state index in [0.29, 0.717) is 64.0 Å². The normalized spacial score (nSPS) is 25.8. The Morgan fingerprint density at radius 2 is 2.00 bits per heavy atom. The van der Waals surface area contributed by atoms with E-state index in [0.717, 1.165) is 18.4 Å². The van der Waals surface area contributed by atoms with Crippen molar-refractivity contribution >= 4 is 15.9 Å². The van der Waals surface area contributed by atoms with Gasteiger partial charge in [-0.1, -0.05) is 30.4 Å². The van der Waals surface area contributed by atoms with Crippen LogP contribution in [0.2, 0.25) is 0 Å². The van der Waals surface area contributed by atoms with Gasteiger partial charge in [0.25, 0.3) is 0 Å². The van der Waals surface area contributed by atoms with Crippen molar-refractivity contribution in [1.29, 1.82) is 0 Å². The van der Waals surface area contributed by atoms with Crippen LogP contribution >= 0.6 is 0 Å². The third-order valence-corrected chi connectivity index (χ3v) is 9.84. The summed E-state index contributed by atoms with van der Waals surface area (Å²) in [6.45, 7) is 1.58. The van der Waals surface area contributed by atoms with Gasteiger partial charge < -0.3 is 21.5 Å². The van der Waals surface area contributed by atoms with Crippen LogP contribution in [0.5, 0.6) is 0 Å². The first-order valence-electron chi connectivity index (χ1n) is 12.8. The number of sulfonamides is 1. The Hall–Kier alpha value is -2.11. The minimum atomic E-state index is -3.77. The first-order valence-corrected chi connectivity index (χ1v) is 14.3. The average Bonchev–Trinajstić information content (AvgIpc) is 2.88. The second kappa shape index (κ2) is 11.5. The van der Waals surface area contributed by atoms with Crippen LogP contribution < -0.4 is 16.8 Å². The molecule has 0 aromatic heterocycles. The number of allylic oxidation sites excluding steroid dienone is 3. The van der Waals surface area contributed by atoms with Crippen LogP contribution in [0.25, 0.3) is 0 Å². The quantitative estimate of drug-likeness (QED) is 0.451. The number of ether oxygens (including phenoxy) is 1. The maximum Gasteiger partial charge on any atom is 0.230 e. The lowest BCUT2D eigenvalue weighted by atomic mass is 9.73. The van der Waals surface area contributed by atoms with Gasteiger partial charge in [0.2, 0.25) is 15.9 Å². The van der Waals surface area contributed by atoms with E-state index in [9.17, 15) is 13.2 Å². The van der Waals surface area contributed by atoms with Crippen LogP contribution in [0.4, 0.5) is 4.39 Å². The number of carbonyl (C=O) groups is 1. The Morgan fingerprint density at radius 1 is 1.22 bits per heavy atom. The van der Waals surface area contributed by atoms with Crippen molar-refractivity contribution in [1.82, 2.24) is 9.62 Å². The second-order valence-corrected chi connectivity index (χ2v) is 11.9. The van der Waals surface area contributed by atoms with E-state index < -0.39 is 32.7 Å². The molecule has 2 saturated heterocycles. The first kappa shape index (κ1) is 26.9. The Kier molecular flexibility index (Phi) is 8.62. The molecule has 2 unspecified atom stereocenters. The first-order chi connectivity index (χ1) is 17.3. The second-order valence-electron chi connectivity index (χ2n) is 9.81. The molecule has 0 spiro atoms. The highest BCUT2D eigenvalue weighted by Crippen LogP contribution is 2.37. The maximum absolute atomic E-state index is 15.5. The Bertz CT molecular complexity index is 1110. The van der Waals surface area contributed by atoms with Crippen LogP contribution in [0.3, 0.4) is 0 Å². The predicted octanol–water partition coefficient (Wildman–Crippen LogP) is 2.19. The number of benzene rings is 1. The predicted molar refractivity (Wildman–Crippen MR) is 137 cm³/mol. The van der Waals surface area contributed by atoms with Gasteiger partial charge in [0, 0.05) is 31.9 Å². The van der Waals surface area contributed by atoms with Crippen LogP contribution in [0, 0.1) is 5.82 Å². The number of amides is 1. The van der Waals surface area contributed by atoms with Gasteiger partial charge in [-0.15, -0.1) is 0 Å². The zero-order valence-corrected chi connectivity index (χ0v) is 21.4. The number of hydrogen-bond donors (Lipinski definition) is 3. The fourth-order valence-electron chi connectivity index (χ4n) is 5.37. The van der Waals surface area contributed by atoms with Crippen molar-refractivity contribution in [2.24, 2.45) is 11.5 Å². The summed E-state index contributed by atoms with van der Waals surface area (Å²) in [5.74, 6) is -0.710. The topological polar surface area (TPSA) is 128 Å². The number of nitrogens with zero attached hydrogens (tertiary/aromatic N) is 1. The molecule has 2 atom stereocenters. The lowest BCUT2D eigenvalue weighted by Gasteiger charge is -2.38. The highest BCUT2D eigenvalue weighted by atomic mass is 32.2. The van der Waals surface area contributed by atoms with Gasteiger partial charge in [0.1, 0.15) is 11.1 Å². The number of hydrogen-bond acceptors (Lipinski definition) is 6. The van der Waals surface area contributed by atoms with E-state index in [1.165, 1.54) is 10.4 Å². The van der Waals surface area contributed by atoms with Crippen LogP contribution in [0.15, 0.2) is 42.0 Å². The van der Waals surface area contributed by atoms with Crippen LogP contribution in [0.1, 0.15) is 56.1 Å². The molecule has 2 fully saturated rings. The zero-order valence-electron chi connectivity index (χ0n) is 20.6. The molecule has 1 aromatic carbocycles. The smallest absolute Gasteiger partial charge is 0.230 e. The molecule has 4 rings (SSSR count). The molecule has 1 aliphatic carbocycles. The third-order valence-electron chi connectivity index (χ3n) is 7.56. The van der Waals surface area contributed by atoms with Gasteiger partial charge in [0.15, 0.2) is 0 Å². The number of rotatable bonds is 8. The molecule has 5 N–H and O–H groups in total. The molecule has 198 valence electrons. The Balaban J connectivity index is 1.58. The van der Waals surface area contributed by atoms with Gasteiger partial charge in [-0.25, -0.2) is 12.8 Å². The SMILES string of the molecule is NCCCNC(=O)C1(c2ccc(CN3C(N)CCC(C4=CCCC=C4)S3(=O)=O)c(F)c2)CCOCC1. The molecule has 0 radical (unpaired) electrons. The van der Waals surface area contributed by atoms with Gasteiger partial charge in [-0.2, -0.15) is 4.31 Å². The molecule has 0 bridgehead atoms. The molecule has 1 aromatic rings. The largest absolute Gasteiger partial charge is 0.381 e. The number of nitrogens with two attached hydrogens (primary N) is 2. The molecule has 36 heavy (non-hydrogen) atoms. The lowest BCUT2D eigenvalue weighted by Crippen LogP contribution is -2.53. The summed E-state index contributed by atoms with van der Waals surface area (Å²) in [7, 11) is -3.77. The maximum atomic E-state index is 15.5. The van der Waals surface area contributed by atoms with Crippen LogP contribution in [-0.4, -0.2) is 56.3 Å². The van der Waals surface area contributed by atoms with Gasteiger partial charge in [-0.3, -0.25) is 4.79 Å². The molecular weight excluding hydrogens is 483 g/mol. The molecule has 2 heterocycles. The van der Waals surface area contributed by atoms with Crippen molar-refractivity contribution in [3.63, 3.8) is 0 Å². The van der Waals surface area contributed by atoms with E-state index in [-0.39, 0.29) is 18.0 Å². The fraction of sp³-hybridized carbons (Fsp3) is 0.577. The van der Waals surface area contributed by atoms with Gasteiger partial charge in [-0.05, 0) is 68.7 Å².